The van der Waals surface area contributed by atoms with Crippen molar-refractivity contribution in [3.8, 4) is 17.2 Å². The third-order valence-corrected chi connectivity index (χ3v) is 4.17. The molecule has 0 saturated carbocycles. The molecule has 0 saturated heterocycles. The second-order valence-electron chi connectivity index (χ2n) is 6.57. The van der Waals surface area contributed by atoms with Crippen LogP contribution in [-0.4, -0.2) is 25.3 Å². The molecule has 28 heavy (non-hydrogen) atoms. The molecule has 0 spiro atoms. The van der Waals surface area contributed by atoms with Crippen LogP contribution in [0.25, 0.3) is 0 Å². The van der Waals surface area contributed by atoms with Gasteiger partial charge in [-0.15, -0.1) is 0 Å². The predicted molar refractivity (Wildman–Crippen MR) is 111 cm³/mol. The van der Waals surface area contributed by atoms with E-state index in [4.69, 9.17) is 14.2 Å². The topological polar surface area (TPSA) is 52.6 Å². The first kappa shape index (κ1) is 19.5. The van der Waals surface area contributed by atoms with Crippen LogP contribution in [0.1, 0.15) is 16.7 Å². The summed E-state index contributed by atoms with van der Waals surface area (Å²) < 4.78 is 17.1. The third kappa shape index (κ3) is 5.64. The molecule has 3 aromatic rings. The Labute approximate surface area is 166 Å². The first-order valence-electron chi connectivity index (χ1n) is 9.30. The van der Waals surface area contributed by atoms with Gasteiger partial charge in [-0.3, -0.25) is 0 Å². The molecule has 0 aliphatic carbocycles. The van der Waals surface area contributed by atoms with Crippen LogP contribution in [-0.2, 0) is 6.54 Å². The Balaban J connectivity index is 1.55. The van der Waals surface area contributed by atoms with Gasteiger partial charge in [0, 0.05) is 12.7 Å². The van der Waals surface area contributed by atoms with Crippen molar-refractivity contribution in [2.45, 2.75) is 20.4 Å². The smallest absolute Gasteiger partial charge is 0.161 e. The molecule has 1 heterocycles. The summed E-state index contributed by atoms with van der Waals surface area (Å²) in [7, 11) is 1.64. The number of aromatic nitrogens is 1. The van der Waals surface area contributed by atoms with Gasteiger partial charge in [-0.25, -0.2) is 4.98 Å². The third-order valence-electron chi connectivity index (χ3n) is 4.17. The van der Waals surface area contributed by atoms with Crippen molar-refractivity contribution in [1.29, 1.82) is 0 Å². The molecule has 3 rings (SSSR count). The fourth-order valence-electron chi connectivity index (χ4n) is 2.93. The number of hydrogen-bond acceptors (Lipinski definition) is 5. The van der Waals surface area contributed by atoms with E-state index in [-0.39, 0.29) is 0 Å². The summed E-state index contributed by atoms with van der Waals surface area (Å²) in [6.45, 7) is 5.66. The van der Waals surface area contributed by atoms with E-state index < -0.39 is 0 Å². The SMILES string of the molecule is COc1ccc(CNc2ccccn2)cc1OCCOc1cc(C)cc(C)c1. The highest BCUT2D eigenvalue weighted by Gasteiger charge is 2.07. The minimum Gasteiger partial charge on any atom is -0.493 e. The Morgan fingerprint density at radius 2 is 1.64 bits per heavy atom. The number of hydrogen-bond donors (Lipinski definition) is 1. The van der Waals surface area contributed by atoms with Crippen LogP contribution in [0, 0.1) is 13.8 Å². The Morgan fingerprint density at radius 3 is 2.36 bits per heavy atom. The van der Waals surface area contributed by atoms with Crippen molar-refractivity contribution >= 4 is 5.82 Å². The van der Waals surface area contributed by atoms with Crippen LogP contribution >= 0.6 is 0 Å². The fourth-order valence-corrected chi connectivity index (χ4v) is 2.93. The molecule has 5 heteroatoms. The molecule has 1 aromatic heterocycles. The zero-order chi connectivity index (χ0) is 19.8. The zero-order valence-electron chi connectivity index (χ0n) is 16.6. The maximum absolute atomic E-state index is 5.91. The van der Waals surface area contributed by atoms with Crippen LogP contribution < -0.4 is 19.5 Å². The van der Waals surface area contributed by atoms with Gasteiger partial charge in [0.05, 0.1) is 7.11 Å². The van der Waals surface area contributed by atoms with Gasteiger partial charge in [-0.2, -0.15) is 0 Å². The summed E-state index contributed by atoms with van der Waals surface area (Å²) in [5.41, 5.74) is 3.45. The highest BCUT2D eigenvalue weighted by atomic mass is 16.5. The number of pyridine rings is 1. The standard InChI is InChI=1S/C23H26N2O3/c1-17-12-18(2)14-20(13-17)27-10-11-28-22-15-19(7-8-21(22)26-3)16-25-23-6-4-5-9-24-23/h4-9,12-15H,10-11,16H2,1-3H3,(H,24,25). The van der Waals surface area contributed by atoms with Crippen molar-refractivity contribution in [2.75, 3.05) is 25.6 Å². The quantitative estimate of drug-likeness (QED) is 0.543. The lowest BCUT2D eigenvalue weighted by atomic mass is 10.1. The van der Waals surface area contributed by atoms with Gasteiger partial charge in [-0.05, 0) is 66.9 Å². The van der Waals surface area contributed by atoms with Gasteiger partial charge < -0.3 is 19.5 Å². The largest absolute Gasteiger partial charge is 0.493 e. The zero-order valence-corrected chi connectivity index (χ0v) is 16.6. The molecule has 5 nitrogen and oxygen atoms in total. The lowest BCUT2D eigenvalue weighted by molar-refractivity contribution is 0.211. The molecule has 0 amide bonds. The summed E-state index contributed by atoms with van der Waals surface area (Å²) >= 11 is 0. The average Bonchev–Trinajstić information content (AvgIpc) is 2.70. The van der Waals surface area contributed by atoms with Crippen LogP contribution in [0.4, 0.5) is 5.82 Å². The fraction of sp³-hybridized carbons (Fsp3) is 0.261. The molecule has 2 aromatic carbocycles. The van der Waals surface area contributed by atoms with Gasteiger partial charge in [0.25, 0.3) is 0 Å². The molecule has 146 valence electrons. The number of benzene rings is 2. The summed E-state index contributed by atoms with van der Waals surface area (Å²) in [4.78, 5) is 4.27. The molecule has 0 radical (unpaired) electrons. The van der Waals surface area contributed by atoms with E-state index in [1.807, 2.05) is 48.5 Å². The van der Waals surface area contributed by atoms with E-state index in [1.54, 1.807) is 13.3 Å². The van der Waals surface area contributed by atoms with E-state index in [9.17, 15) is 0 Å². The van der Waals surface area contributed by atoms with Crippen molar-refractivity contribution in [3.05, 3.63) is 77.5 Å². The minimum atomic E-state index is 0.431. The summed E-state index contributed by atoms with van der Waals surface area (Å²) in [6.07, 6.45) is 1.76. The molecule has 0 atom stereocenters. The highest BCUT2D eigenvalue weighted by molar-refractivity contribution is 5.44. The Bertz CT molecular complexity index is 877. The number of ether oxygens (including phenoxy) is 3. The van der Waals surface area contributed by atoms with Crippen LogP contribution in [0.3, 0.4) is 0 Å². The number of nitrogens with one attached hydrogen (secondary N) is 1. The van der Waals surface area contributed by atoms with Crippen LogP contribution in [0.5, 0.6) is 17.2 Å². The Hall–Kier alpha value is -3.21. The number of methoxy groups -OCH3 is 1. The number of aryl methyl sites for hydroxylation is 2. The first-order valence-corrected chi connectivity index (χ1v) is 9.30. The van der Waals surface area contributed by atoms with Gasteiger partial charge in [-0.1, -0.05) is 18.2 Å². The van der Waals surface area contributed by atoms with E-state index in [0.717, 1.165) is 17.1 Å². The van der Waals surface area contributed by atoms with Crippen molar-refractivity contribution in [3.63, 3.8) is 0 Å². The van der Waals surface area contributed by atoms with E-state index in [1.165, 1.54) is 11.1 Å². The maximum atomic E-state index is 5.91. The van der Waals surface area contributed by atoms with Crippen molar-refractivity contribution in [1.82, 2.24) is 4.98 Å². The Kier molecular flexibility index (Phi) is 6.73. The highest BCUT2D eigenvalue weighted by Crippen LogP contribution is 2.28. The lowest BCUT2D eigenvalue weighted by Gasteiger charge is -2.14. The molecule has 0 unspecified atom stereocenters. The van der Waals surface area contributed by atoms with E-state index in [2.05, 4.69) is 30.2 Å². The number of nitrogens with zero attached hydrogens (tertiary/aromatic N) is 1. The van der Waals surface area contributed by atoms with Gasteiger partial charge >= 0.3 is 0 Å². The second-order valence-corrected chi connectivity index (χ2v) is 6.57. The summed E-state index contributed by atoms with van der Waals surface area (Å²) in [5.74, 6) is 3.10. The normalized spacial score (nSPS) is 10.4. The molecule has 0 aliphatic heterocycles. The first-order chi connectivity index (χ1) is 13.6. The van der Waals surface area contributed by atoms with Crippen LogP contribution in [0.2, 0.25) is 0 Å². The lowest BCUT2D eigenvalue weighted by Crippen LogP contribution is -2.10. The van der Waals surface area contributed by atoms with Crippen LogP contribution in [0.15, 0.2) is 60.8 Å². The number of anilines is 1. The molecule has 1 N–H and O–H groups in total. The molecule has 0 fully saturated rings. The summed E-state index contributed by atoms with van der Waals surface area (Å²) in [5, 5.41) is 3.29. The van der Waals surface area contributed by atoms with Gasteiger partial charge in [0.1, 0.15) is 24.8 Å². The molecule has 0 aliphatic rings. The molecule has 0 bridgehead atoms. The van der Waals surface area contributed by atoms with Crippen molar-refractivity contribution in [2.24, 2.45) is 0 Å². The van der Waals surface area contributed by atoms with Gasteiger partial charge in [0.2, 0.25) is 0 Å². The Morgan fingerprint density at radius 1 is 0.857 bits per heavy atom. The molecular formula is C23H26N2O3. The van der Waals surface area contributed by atoms with E-state index in [0.29, 0.717) is 31.3 Å². The molecular weight excluding hydrogens is 352 g/mol. The number of rotatable bonds is 9. The maximum Gasteiger partial charge on any atom is 0.161 e. The predicted octanol–water partition coefficient (Wildman–Crippen LogP) is 4.78. The minimum absolute atomic E-state index is 0.431. The monoisotopic (exact) mass is 378 g/mol. The van der Waals surface area contributed by atoms with Crippen molar-refractivity contribution < 1.29 is 14.2 Å². The average molecular weight is 378 g/mol. The summed E-state index contributed by atoms with van der Waals surface area (Å²) in [6, 6.07) is 17.9. The van der Waals surface area contributed by atoms with E-state index >= 15 is 0 Å². The van der Waals surface area contributed by atoms with Gasteiger partial charge in [0.15, 0.2) is 11.5 Å². The second kappa shape index (κ2) is 9.65.